The molecule has 1 fully saturated rings. The summed E-state index contributed by atoms with van der Waals surface area (Å²) in [5.41, 5.74) is 0. The van der Waals surface area contributed by atoms with E-state index in [0.717, 1.165) is 0 Å². The molecule has 2 heteroatoms. The van der Waals surface area contributed by atoms with Crippen LogP contribution in [-0.4, -0.2) is 6.21 Å². The van der Waals surface area contributed by atoms with Crippen LogP contribution in [0.5, 0.6) is 0 Å². The van der Waals surface area contributed by atoms with E-state index in [1.54, 1.807) is 11.4 Å². The van der Waals surface area contributed by atoms with Gasteiger partial charge in [-0.2, -0.15) is 0 Å². The molecule has 0 aliphatic heterocycles. The summed E-state index contributed by atoms with van der Waals surface area (Å²) >= 11 is 0. The smallest absolute Gasteiger partial charge is 0.151 e. The molecule has 0 spiro atoms. The molecule has 0 aromatic heterocycles. The molecular formula is C4H7NO. The van der Waals surface area contributed by atoms with Gasteiger partial charge in [0.25, 0.3) is 0 Å². The van der Waals surface area contributed by atoms with Gasteiger partial charge in [0.05, 0.1) is 0 Å². The summed E-state index contributed by atoms with van der Waals surface area (Å²) in [5.74, 6) is 0.600. The summed E-state index contributed by atoms with van der Waals surface area (Å²) in [6, 6.07) is 0. The molecule has 0 radical (unpaired) electrons. The van der Waals surface area contributed by atoms with Gasteiger partial charge in [0.15, 0.2) is 6.21 Å². The van der Waals surface area contributed by atoms with Crippen LogP contribution in [-0.2, 0) is 0 Å². The van der Waals surface area contributed by atoms with Crippen LogP contribution in [0.4, 0.5) is 0 Å². The molecule has 0 heterocycles. The molecule has 0 aromatic rings. The maximum Gasteiger partial charge on any atom is 0.151 e. The second kappa shape index (κ2) is 1.29. The molecule has 1 saturated carbocycles. The summed E-state index contributed by atoms with van der Waals surface area (Å²) < 4.78 is 0. The van der Waals surface area contributed by atoms with Gasteiger partial charge in [0.1, 0.15) is 0 Å². The zero-order valence-electron chi connectivity index (χ0n) is 3.48. The Morgan fingerprint density at radius 3 is 2.50 bits per heavy atom. The van der Waals surface area contributed by atoms with Crippen molar-refractivity contribution in [3.63, 3.8) is 0 Å². The van der Waals surface area contributed by atoms with Crippen molar-refractivity contribution in [2.24, 2.45) is 5.92 Å². The number of hydrogen-bond donors (Lipinski definition) is 1. The van der Waals surface area contributed by atoms with E-state index in [0.29, 0.717) is 5.92 Å². The van der Waals surface area contributed by atoms with E-state index in [1.807, 2.05) is 0 Å². The SMILES string of the molecule is [O-][NH+]=CC1CC1. The van der Waals surface area contributed by atoms with E-state index in [4.69, 9.17) is 0 Å². The second-order valence-corrected chi connectivity index (χ2v) is 1.62. The minimum Gasteiger partial charge on any atom is -0.626 e. The Hall–Kier alpha value is -0.530. The standard InChI is InChI=1S/C4H7NO/c6-5-3-4-1-2-4/h3-5H,1-2H2. The third-order valence-corrected chi connectivity index (χ3v) is 0.926. The minimum atomic E-state index is 0.600. The first-order valence-corrected chi connectivity index (χ1v) is 2.14. The highest BCUT2D eigenvalue weighted by Crippen LogP contribution is 2.24. The molecule has 1 aliphatic carbocycles. The molecule has 6 heavy (non-hydrogen) atoms. The fourth-order valence-corrected chi connectivity index (χ4v) is 0.359. The van der Waals surface area contributed by atoms with Gasteiger partial charge in [0.2, 0.25) is 0 Å². The molecule has 0 saturated heterocycles. The van der Waals surface area contributed by atoms with Crippen LogP contribution in [0.2, 0.25) is 0 Å². The van der Waals surface area contributed by atoms with Crippen LogP contribution >= 0.6 is 0 Å². The van der Waals surface area contributed by atoms with Crippen LogP contribution in [0.25, 0.3) is 0 Å². The average molecular weight is 85.1 g/mol. The predicted molar refractivity (Wildman–Crippen MR) is 23.1 cm³/mol. The number of hydrogen-bond acceptors (Lipinski definition) is 1. The van der Waals surface area contributed by atoms with Crippen molar-refractivity contribution in [2.45, 2.75) is 12.8 Å². The van der Waals surface area contributed by atoms with Crippen LogP contribution < -0.4 is 5.16 Å². The van der Waals surface area contributed by atoms with Crippen LogP contribution in [0.3, 0.4) is 0 Å². The van der Waals surface area contributed by atoms with Gasteiger partial charge in [-0.05, 0) is 12.8 Å². The Balaban J connectivity index is 2.15. The summed E-state index contributed by atoms with van der Waals surface area (Å²) in [6.07, 6.45) is 4.00. The molecule has 0 amide bonds. The van der Waals surface area contributed by atoms with E-state index in [2.05, 4.69) is 0 Å². The maximum absolute atomic E-state index is 9.47. The minimum absolute atomic E-state index is 0.600. The highest BCUT2D eigenvalue weighted by atomic mass is 16.4. The summed E-state index contributed by atoms with van der Waals surface area (Å²) in [4.78, 5) is 0. The lowest BCUT2D eigenvalue weighted by atomic mass is 10.5. The fourth-order valence-electron chi connectivity index (χ4n) is 0.359. The predicted octanol–water partition coefficient (Wildman–Crippen LogP) is -0.954. The van der Waals surface area contributed by atoms with Crippen LogP contribution in [0, 0.1) is 11.1 Å². The fraction of sp³-hybridized carbons (Fsp3) is 0.750. The number of nitrogens with one attached hydrogen (secondary N) is 1. The lowest BCUT2D eigenvalue weighted by Crippen LogP contribution is -2.60. The van der Waals surface area contributed by atoms with Crippen molar-refractivity contribution in [1.82, 2.24) is 0 Å². The maximum atomic E-state index is 9.47. The largest absolute Gasteiger partial charge is 0.626 e. The van der Waals surface area contributed by atoms with Gasteiger partial charge in [-0.15, -0.1) is 0 Å². The summed E-state index contributed by atoms with van der Waals surface area (Å²) in [7, 11) is 0. The Kier molecular flexibility index (Phi) is 0.783. The van der Waals surface area contributed by atoms with Crippen LogP contribution in [0.15, 0.2) is 0 Å². The third-order valence-electron chi connectivity index (χ3n) is 0.926. The van der Waals surface area contributed by atoms with Crippen molar-refractivity contribution in [3.05, 3.63) is 5.21 Å². The molecular weight excluding hydrogens is 78.0 g/mol. The van der Waals surface area contributed by atoms with Crippen LogP contribution in [0.1, 0.15) is 12.8 Å². The van der Waals surface area contributed by atoms with Gasteiger partial charge in [-0.1, -0.05) is 0 Å². The van der Waals surface area contributed by atoms with Crippen molar-refractivity contribution in [1.29, 1.82) is 0 Å². The normalized spacial score (nSPS) is 22.7. The zero-order chi connectivity index (χ0) is 4.41. The van der Waals surface area contributed by atoms with Crippen molar-refractivity contribution in [2.75, 3.05) is 0 Å². The molecule has 0 bridgehead atoms. The summed E-state index contributed by atoms with van der Waals surface area (Å²) in [5, 5.41) is 11.2. The molecule has 1 aliphatic rings. The molecule has 0 unspecified atom stereocenters. The first kappa shape index (κ1) is 3.65. The first-order valence-electron chi connectivity index (χ1n) is 2.14. The Morgan fingerprint density at radius 2 is 2.33 bits per heavy atom. The van der Waals surface area contributed by atoms with Gasteiger partial charge in [-0.25, -0.2) is 5.16 Å². The molecule has 34 valence electrons. The average Bonchev–Trinajstić information content (AvgIpc) is 2.21. The first-order chi connectivity index (χ1) is 2.93. The van der Waals surface area contributed by atoms with E-state index in [1.165, 1.54) is 12.8 Å². The Bertz CT molecular complexity index is 65.9. The molecule has 1 rings (SSSR count). The van der Waals surface area contributed by atoms with Crippen molar-refractivity contribution in [3.8, 4) is 0 Å². The lowest BCUT2D eigenvalue weighted by molar-refractivity contribution is -0.369. The molecule has 0 atom stereocenters. The van der Waals surface area contributed by atoms with E-state index < -0.39 is 0 Å². The quantitative estimate of drug-likeness (QED) is 0.249. The van der Waals surface area contributed by atoms with E-state index >= 15 is 0 Å². The molecule has 1 N–H and O–H groups in total. The third kappa shape index (κ3) is 0.708. The molecule has 2 nitrogen and oxygen atoms in total. The Labute approximate surface area is 36.5 Å². The topological polar surface area (TPSA) is 37.0 Å². The summed E-state index contributed by atoms with van der Waals surface area (Å²) in [6.45, 7) is 0. The van der Waals surface area contributed by atoms with E-state index in [9.17, 15) is 5.21 Å². The van der Waals surface area contributed by atoms with E-state index in [-0.39, 0.29) is 0 Å². The second-order valence-electron chi connectivity index (χ2n) is 1.62. The van der Waals surface area contributed by atoms with Crippen molar-refractivity contribution < 1.29 is 5.16 Å². The van der Waals surface area contributed by atoms with Gasteiger partial charge >= 0.3 is 0 Å². The highest BCUT2D eigenvalue weighted by molar-refractivity contribution is 5.57. The molecule has 0 aromatic carbocycles. The monoisotopic (exact) mass is 85.1 g/mol. The lowest BCUT2D eigenvalue weighted by Gasteiger charge is -1.72. The van der Waals surface area contributed by atoms with Gasteiger partial charge < -0.3 is 5.21 Å². The number of rotatable bonds is 1. The Morgan fingerprint density at radius 1 is 1.67 bits per heavy atom. The van der Waals surface area contributed by atoms with Gasteiger partial charge in [-0.3, -0.25) is 0 Å². The zero-order valence-corrected chi connectivity index (χ0v) is 3.48. The van der Waals surface area contributed by atoms with Gasteiger partial charge in [0, 0.05) is 5.92 Å². The highest BCUT2D eigenvalue weighted by Gasteiger charge is 2.20. The van der Waals surface area contributed by atoms with Crippen molar-refractivity contribution >= 4 is 6.21 Å².